The van der Waals surface area contributed by atoms with Gasteiger partial charge in [-0.25, -0.2) is 13.1 Å². The number of nitrogens with one attached hydrogen (secondary N) is 1. The molecule has 0 fully saturated rings. The summed E-state index contributed by atoms with van der Waals surface area (Å²) in [7, 11) is -3.60. The van der Waals surface area contributed by atoms with E-state index in [9.17, 15) is 8.42 Å². The van der Waals surface area contributed by atoms with Crippen LogP contribution in [-0.4, -0.2) is 34.9 Å². The molecule has 0 spiro atoms. The number of rotatable bonds is 7. The van der Waals surface area contributed by atoms with Crippen LogP contribution in [0.3, 0.4) is 0 Å². The van der Waals surface area contributed by atoms with Crippen LogP contribution in [0.5, 0.6) is 0 Å². The van der Waals surface area contributed by atoms with Crippen LogP contribution in [0.2, 0.25) is 0 Å². The molecule has 2 rings (SSSR count). The molecular formula is C13H18N4O3S. The first-order chi connectivity index (χ1) is 10.0. The maximum absolute atomic E-state index is 12.2. The zero-order valence-electron chi connectivity index (χ0n) is 11.7. The topological polar surface area (TPSA) is 97.1 Å². The second-order valence-corrected chi connectivity index (χ2v) is 6.41. The molecule has 8 heteroatoms. The number of sulfonamides is 1. The Hall–Kier alpha value is -1.77. The second-order valence-electron chi connectivity index (χ2n) is 4.64. The van der Waals surface area contributed by atoms with Gasteiger partial charge in [-0.1, -0.05) is 0 Å². The maximum Gasteiger partial charge on any atom is 0.243 e. The van der Waals surface area contributed by atoms with Gasteiger partial charge in [0.15, 0.2) is 0 Å². The smallest absolute Gasteiger partial charge is 0.243 e. The molecule has 0 unspecified atom stereocenters. The van der Waals surface area contributed by atoms with Crippen molar-refractivity contribution in [1.29, 1.82) is 0 Å². The predicted molar refractivity (Wildman–Crippen MR) is 76.9 cm³/mol. The third kappa shape index (κ3) is 4.10. The van der Waals surface area contributed by atoms with Gasteiger partial charge in [0.05, 0.1) is 6.20 Å². The lowest BCUT2D eigenvalue weighted by Gasteiger charge is -2.06. The Morgan fingerprint density at radius 3 is 2.90 bits per heavy atom. The number of hydrogen-bond acceptors (Lipinski definition) is 5. The molecule has 0 bridgehead atoms. The molecule has 2 aromatic heterocycles. The molecule has 0 saturated carbocycles. The number of aromatic nitrogens is 3. The minimum absolute atomic E-state index is 0.0421. The summed E-state index contributed by atoms with van der Waals surface area (Å²) in [6.07, 6.45) is 6.59. The van der Waals surface area contributed by atoms with Crippen molar-refractivity contribution in [3.05, 3.63) is 42.0 Å². The number of pyridine rings is 1. The van der Waals surface area contributed by atoms with Crippen LogP contribution < -0.4 is 4.72 Å². The van der Waals surface area contributed by atoms with Gasteiger partial charge in [0, 0.05) is 38.3 Å². The molecule has 0 radical (unpaired) electrons. The lowest BCUT2D eigenvalue weighted by Crippen LogP contribution is -2.23. The summed E-state index contributed by atoms with van der Waals surface area (Å²) in [5.74, 6) is 0. The first kappa shape index (κ1) is 15.6. The van der Waals surface area contributed by atoms with E-state index in [-0.39, 0.29) is 18.0 Å². The van der Waals surface area contributed by atoms with E-state index >= 15 is 0 Å². The minimum atomic E-state index is -3.60. The van der Waals surface area contributed by atoms with E-state index in [0.717, 1.165) is 11.1 Å². The van der Waals surface area contributed by atoms with Crippen molar-refractivity contribution in [3.63, 3.8) is 0 Å². The minimum Gasteiger partial charge on any atom is -0.396 e. The molecule has 2 heterocycles. The Bertz CT molecular complexity index is 697. The van der Waals surface area contributed by atoms with Crippen LogP contribution in [0.15, 0.2) is 35.7 Å². The van der Waals surface area contributed by atoms with Crippen LogP contribution in [0.25, 0.3) is 0 Å². The van der Waals surface area contributed by atoms with Crippen molar-refractivity contribution in [1.82, 2.24) is 19.5 Å². The normalized spacial score (nSPS) is 11.7. The summed E-state index contributed by atoms with van der Waals surface area (Å²) < 4.78 is 28.4. The third-order valence-electron chi connectivity index (χ3n) is 3.07. The van der Waals surface area contributed by atoms with Gasteiger partial charge in [-0.3, -0.25) is 9.67 Å². The first-order valence-corrected chi connectivity index (χ1v) is 8.04. The highest BCUT2D eigenvalue weighted by Gasteiger charge is 2.16. The molecule has 114 valence electrons. The van der Waals surface area contributed by atoms with Gasteiger partial charge in [0.2, 0.25) is 10.0 Å². The van der Waals surface area contributed by atoms with E-state index < -0.39 is 10.0 Å². The molecule has 0 saturated heterocycles. The van der Waals surface area contributed by atoms with Crippen LogP contribution in [0, 0.1) is 6.92 Å². The second kappa shape index (κ2) is 6.79. The van der Waals surface area contributed by atoms with E-state index in [4.69, 9.17) is 5.11 Å². The van der Waals surface area contributed by atoms with Crippen molar-refractivity contribution in [3.8, 4) is 0 Å². The molecule has 2 N–H and O–H groups in total. The molecule has 0 aliphatic rings. The zero-order valence-corrected chi connectivity index (χ0v) is 12.5. The fourth-order valence-electron chi connectivity index (χ4n) is 1.78. The van der Waals surface area contributed by atoms with Crippen LogP contribution in [0.1, 0.15) is 17.5 Å². The molecule has 0 aliphatic carbocycles. The van der Waals surface area contributed by atoms with Crippen LogP contribution in [0.4, 0.5) is 0 Å². The van der Waals surface area contributed by atoms with E-state index in [1.54, 1.807) is 12.4 Å². The lowest BCUT2D eigenvalue weighted by molar-refractivity contribution is 0.277. The highest BCUT2D eigenvalue weighted by Crippen LogP contribution is 2.10. The van der Waals surface area contributed by atoms with E-state index in [0.29, 0.717) is 13.0 Å². The molecule has 7 nitrogen and oxygen atoms in total. The first-order valence-electron chi connectivity index (χ1n) is 6.55. The van der Waals surface area contributed by atoms with Gasteiger partial charge in [0.1, 0.15) is 4.90 Å². The van der Waals surface area contributed by atoms with Crippen molar-refractivity contribution in [2.75, 3.05) is 6.61 Å². The highest BCUT2D eigenvalue weighted by molar-refractivity contribution is 7.89. The molecular weight excluding hydrogens is 292 g/mol. The highest BCUT2D eigenvalue weighted by atomic mass is 32.2. The van der Waals surface area contributed by atoms with E-state index in [1.807, 2.05) is 13.0 Å². The Morgan fingerprint density at radius 2 is 2.19 bits per heavy atom. The molecule has 0 amide bonds. The summed E-state index contributed by atoms with van der Waals surface area (Å²) in [4.78, 5) is 4.09. The Morgan fingerprint density at radius 1 is 1.38 bits per heavy atom. The number of hydrogen-bond donors (Lipinski definition) is 2. The summed E-state index contributed by atoms with van der Waals surface area (Å²) in [6.45, 7) is 2.61. The van der Waals surface area contributed by atoms with Gasteiger partial charge in [-0.15, -0.1) is 0 Å². The van der Waals surface area contributed by atoms with Gasteiger partial charge < -0.3 is 5.11 Å². The number of aryl methyl sites for hydroxylation is 2. The molecule has 0 atom stereocenters. The lowest BCUT2D eigenvalue weighted by atomic mass is 10.2. The SMILES string of the molecule is Cc1ccncc1CNS(=O)(=O)c1cnn(CCCO)c1. The van der Waals surface area contributed by atoms with Gasteiger partial charge >= 0.3 is 0 Å². The Kier molecular flexibility index (Phi) is 5.05. The Labute approximate surface area is 123 Å². The summed E-state index contributed by atoms with van der Waals surface area (Å²) >= 11 is 0. The third-order valence-corrected chi connectivity index (χ3v) is 4.42. The number of nitrogens with zero attached hydrogens (tertiary/aromatic N) is 3. The van der Waals surface area contributed by atoms with Crippen LogP contribution >= 0.6 is 0 Å². The largest absolute Gasteiger partial charge is 0.396 e. The molecule has 21 heavy (non-hydrogen) atoms. The number of aliphatic hydroxyl groups excluding tert-OH is 1. The van der Waals surface area contributed by atoms with Crippen molar-refractivity contribution in [2.45, 2.75) is 31.3 Å². The predicted octanol–water partition coefficient (Wildman–Crippen LogP) is 0.447. The maximum atomic E-state index is 12.2. The van der Waals surface area contributed by atoms with Gasteiger partial charge in [-0.05, 0) is 30.5 Å². The standard InChI is InChI=1S/C13H18N4O3S/c1-11-3-4-14-7-12(11)8-16-21(19,20)13-9-15-17(10-13)5-2-6-18/h3-4,7,9-10,16,18H,2,5-6,8H2,1H3. The quantitative estimate of drug-likeness (QED) is 0.774. The van der Waals surface area contributed by atoms with Crippen molar-refractivity contribution < 1.29 is 13.5 Å². The molecule has 0 aliphatic heterocycles. The summed E-state index contributed by atoms with van der Waals surface area (Å²) in [5, 5.41) is 12.7. The zero-order chi connectivity index (χ0) is 15.3. The van der Waals surface area contributed by atoms with E-state index in [2.05, 4.69) is 14.8 Å². The van der Waals surface area contributed by atoms with Gasteiger partial charge in [0.25, 0.3) is 0 Å². The summed E-state index contributed by atoms with van der Waals surface area (Å²) in [6, 6.07) is 1.83. The van der Waals surface area contributed by atoms with Crippen molar-refractivity contribution in [2.24, 2.45) is 0 Å². The monoisotopic (exact) mass is 310 g/mol. The summed E-state index contributed by atoms with van der Waals surface area (Å²) in [5.41, 5.74) is 1.81. The van der Waals surface area contributed by atoms with Gasteiger partial charge in [-0.2, -0.15) is 5.10 Å². The van der Waals surface area contributed by atoms with Crippen LogP contribution in [-0.2, 0) is 23.1 Å². The average molecular weight is 310 g/mol. The molecule has 2 aromatic rings. The Balaban J connectivity index is 2.05. The van der Waals surface area contributed by atoms with E-state index in [1.165, 1.54) is 17.1 Å². The van der Waals surface area contributed by atoms with Crippen molar-refractivity contribution >= 4 is 10.0 Å². The molecule has 0 aromatic carbocycles. The average Bonchev–Trinajstić information content (AvgIpc) is 2.94. The number of aliphatic hydroxyl groups is 1. The fourth-order valence-corrected chi connectivity index (χ4v) is 2.73. The fraction of sp³-hybridized carbons (Fsp3) is 0.385.